The van der Waals surface area contributed by atoms with Gasteiger partial charge in [0.25, 0.3) is 5.91 Å². The number of imidazole rings is 1. The summed E-state index contributed by atoms with van der Waals surface area (Å²) in [5, 5.41) is 1.70. The molecule has 27 heavy (non-hydrogen) atoms. The van der Waals surface area contributed by atoms with Crippen molar-refractivity contribution in [3.63, 3.8) is 0 Å². The van der Waals surface area contributed by atoms with Crippen LogP contribution in [0.3, 0.4) is 0 Å². The number of furan rings is 1. The number of hydrogen-bond donors (Lipinski definition) is 0. The Morgan fingerprint density at radius 3 is 2.78 bits per heavy atom. The third-order valence-corrected chi connectivity index (χ3v) is 6.66. The fraction of sp³-hybridized carbons (Fsp3) is 0.400. The minimum absolute atomic E-state index is 0.000379. The Morgan fingerprint density at radius 2 is 1.96 bits per heavy atom. The molecular formula is C20H22N4O2S. The Balaban J connectivity index is 1.18. The molecule has 0 radical (unpaired) electrons. The van der Waals surface area contributed by atoms with Crippen LogP contribution in [-0.2, 0) is 6.54 Å². The van der Waals surface area contributed by atoms with Gasteiger partial charge >= 0.3 is 0 Å². The van der Waals surface area contributed by atoms with Crippen molar-refractivity contribution in [2.45, 2.75) is 23.4 Å². The van der Waals surface area contributed by atoms with Gasteiger partial charge in [-0.15, -0.1) is 0 Å². The number of carbonyl (C=O) groups excluding carboxylic acids is 1. The molecule has 2 aliphatic rings. The number of aryl methyl sites for hydroxylation is 1. The third-order valence-electron chi connectivity index (χ3n) is 5.42. The maximum atomic E-state index is 12.4. The maximum absolute atomic E-state index is 12.4. The van der Waals surface area contributed by atoms with Gasteiger partial charge in [-0.1, -0.05) is 23.9 Å². The van der Waals surface area contributed by atoms with Gasteiger partial charge in [0.15, 0.2) is 10.9 Å². The molecule has 2 aromatic heterocycles. The van der Waals surface area contributed by atoms with Gasteiger partial charge in [-0.05, 0) is 30.7 Å². The highest BCUT2D eigenvalue weighted by Gasteiger charge is 2.28. The van der Waals surface area contributed by atoms with Gasteiger partial charge < -0.3 is 13.9 Å². The number of para-hydroxylation sites is 2. The van der Waals surface area contributed by atoms with Crippen LogP contribution < -0.4 is 0 Å². The van der Waals surface area contributed by atoms with E-state index in [9.17, 15) is 4.79 Å². The molecule has 140 valence electrons. The second kappa shape index (κ2) is 7.05. The molecule has 1 saturated heterocycles. The van der Waals surface area contributed by atoms with Crippen LogP contribution >= 0.6 is 11.8 Å². The first-order chi connectivity index (χ1) is 13.3. The lowest BCUT2D eigenvalue weighted by atomic mass is 10.2. The van der Waals surface area contributed by atoms with Crippen molar-refractivity contribution < 1.29 is 9.21 Å². The van der Waals surface area contributed by atoms with E-state index in [4.69, 9.17) is 9.40 Å². The van der Waals surface area contributed by atoms with Crippen LogP contribution in [0.25, 0.3) is 11.0 Å². The number of carbonyl (C=O) groups is 1. The Morgan fingerprint density at radius 1 is 1.11 bits per heavy atom. The van der Waals surface area contributed by atoms with Crippen LogP contribution in [0.1, 0.15) is 17.0 Å². The van der Waals surface area contributed by atoms with Gasteiger partial charge in [-0.3, -0.25) is 9.69 Å². The summed E-state index contributed by atoms with van der Waals surface area (Å²) in [6.07, 6.45) is 2.71. The predicted molar refractivity (Wildman–Crippen MR) is 105 cm³/mol. The molecule has 5 rings (SSSR count). The zero-order chi connectivity index (χ0) is 18.2. The summed E-state index contributed by atoms with van der Waals surface area (Å²) < 4.78 is 7.58. The lowest BCUT2D eigenvalue weighted by Crippen LogP contribution is -2.50. The van der Waals surface area contributed by atoms with E-state index >= 15 is 0 Å². The molecule has 2 aliphatic heterocycles. The van der Waals surface area contributed by atoms with Gasteiger partial charge in [0.2, 0.25) is 0 Å². The zero-order valence-corrected chi connectivity index (χ0v) is 15.9. The van der Waals surface area contributed by atoms with E-state index in [2.05, 4.69) is 27.7 Å². The molecule has 7 heteroatoms. The van der Waals surface area contributed by atoms with Crippen molar-refractivity contribution in [1.82, 2.24) is 19.4 Å². The summed E-state index contributed by atoms with van der Waals surface area (Å²) in [6, 6.07) is 11.9. The van der Waals surface area contributed by atoms with Crippen molar-refractivity contribution in [1.29, 1.82) is 0 Å². The van der Waals surface area contributed by atoms with Crippen LogP contribution in [0.15, 0.2) is 52.2 Å². The molecule has 1 atom stereocenters. The SMILES string of the molecule is O=C(c1ccco1)N1CCN(CC2CCn3c(nc4ccccc43)S2)CC1. The van der Waals surface area contributed by atoms with Crippen molar-refractivity contribution in [2.75, 3.05) is 32.7 Å². The average molecular weight is 382 g/mol. The smallest absolute Gasteiger partial charge is 0.289 e. The van der Waals surface area contributed by atoms with Crippen LogP contribution in [0, 0.1) is 0 Å². The van der Waals surface area contributed by atoms with Crippen LogP contribution in [-0.4, -0.2) is 63.2 Å². The molecule has 1 unspecified atom stereocenters. The van der Waals surface area contributed by atoms with Gasteiger partial charge in [-0.25, -0.2) is 4.98 Å². The number of amides is 1. The Labute approximate surface area is 162 Å². The normalized spacial score (nSPS) is 20.7. The number of benzene rings is 1. The first-order valence-corrected chi connectivity index (χ1v) is 10.3. The van der Waals surface area contributed by atoms with Crippen molar-refractivity contribution in [2.24, 2.45) is 0 Å². The molecule has 0 spiro atoms. The first kappa shape index (κ1) is 16.9. The average Bonchev–Trinajstić information content (AvgIpc) is 3.35. The number of fused-ring (bicyclic) bond motifs is 3. The monoisotopic (exact) mass is 382 g/mol. The molecule has 1 aromatic carbocycles. The standard InChI is InChI=1S/C20H22N4O2S/c25-19(18-6-3-13-26-18)23-11-9-22(10-12-23)14-15-7-8-24-17-5-2-1-4-16(17)21-20(24)27-15/h1-6,13,15H,7-12,14H2. The van der Waals surface area contributed by atoms with Crippen molar-refractivity contribution in [3.8, 4) is 0 Å². The highest BCUT2D eigenvalue weighted by Crippen LogP contribution is 2.34. The predicted octanol–water partition coefficient (Wildman–Crippen LogP) is 2.95. The Hall–Kier alpha value is -2.25. The number of aromatic nitrogens is 2. The second-order valence-electron chi connectivity index (χ2n) is 7.13. The Kier molecular flexibility index (Phi) is 4.41. The van der Waals surface area contributed by atoms with E-state index in [-0.39, 0.29) is 5.91 Å². The van der Waals surface area contributed by atoms with E-state index in [1.807, 2.05) is 22.7 Å². The molecule has 0 bridgehead atoms. The Bertz CT molecular complexity index is 944. The number of thioether (sulfide) groups is 1. The summed E-state index contributed by atoms with van der Waals surface area (Å²) in [6.45, 7) is 5.44. The van der Waals surface area contributed by atoms with Gasteiger partial charge in [-0.2, -0.15) is 0 Å². The lowest BCUT2D eigenvalue weighted by Gasteiger charge is -2.36. The molecule has 3 aromatic rings. The summed E-state index contributed by atoms with van der Waals surface area (Å²) >= 11 is 1.90. The van der Waals surface area contributed by atoms with E-state index in [0.717, 1.165) is 56.4 Å². The fourth-order valence-corrected chi connectivity index (χ4v) is 5.22. The number of nitrogens with zero attached hydrogens (tertiary/aromatic N) is 4. The van der Waals surface area contributed by atoms with Crippen molar-refractivity contribution in [3.05, 3.63) is 48.4 Å². The summed E-state index contributed by atoms with van der Waals surface area (Å²) in [5.41, 5.74) is 2.33. The van der Waals surface area contributed by atoms with E-state index in [0.29, 0.717) is 11.0 Å². The quantitative estimate of drug-likeness (QED) is 0.697. The summed E-state index contributed by atoms with van der Waals surface area (Å²) in [4.78, 5) is 21.5. The minimum Gasteiger partial charge on any atom is -0.459 e. The van der Waals surface area contributed by atoms with Crippen LogP contribution in [0.4, 0.5) is 0 Å². The third kappa shape index (κ3) is 3.26. The molecule has 1 fully saturated rings. The van der Waals surface area contributed by atoms with Crippen LogP contribution in [0.5, 0.6) is 0 Å². The van der Waals surface area contributed by atoms with Gasteiger partial charge in [0.05, 0.1) is 17.3 Å². The largest absolute Gasteiger partial charge is 0.459 e. The molecule has 0 aliphatic carbocycles. The minimum atomic E-state index is 0.000379. The second-order valence-corrected chi connectivity index (χ2v) is 8.40. The molecule has 0 saturated carbocycles. The van der Waals surface area contributed by atoms with Crippen LogP contribution in [0.2, 0.25) is 0 Å². The number of piperazine rings is 1. The van der Waals surface area contributed by atoms with E-state index < -0.39 is 0 Å². The fourth-order valence-electron chi connectivity index (χ4n) is 3.95. The molecule has 1 amide bonds. The molecule has 4 heterocycles. The number of hydrogen-bond acceptors (Lipinski definition) is 5. The van der Waals surface area contributed by atoms with E-state index in [1.54, 1.807) is 18.4 Å². The lowest BCUT2D eigenvalue weighted by molar-refractivity contribution is 0.0605. The summed E-state index contributed by atoms with van der Waals surface area (Å²) in [5.74, 6) is 0.436. The van der Waals surface area contributed by atoms with Crippen molar-refractivity contribution >= 4 is 28.7 Å². The highest BCUT2D eigenvalue weighted by atomic mass is 32.2. The topological polar surface area (TPSA) is 54.5 Å². The molecular weight excluding hydrogens is 360 g/mol. The molecule has 0 N–H and O–H groups in total. The number of rotatable bonds is 3. The molecule has 6 nitrogen and oxygen atoms in total. The van der Waals surface area contributed by atoms with Gasteiger partial charge in [0.1, 0.15) is 0 Å². The van der Waals surface area contributed by atoms with E-state index in [1.165, 1.54) is 5.52 Å². The zero-order valence-electron chi connectivity index (χ0n) is 15.1. The summed E-state index contributed by atoms with van der Waals surface area (Å²) in [7, 11) is 0. The maximum Gasteiger partial charge on any atom is 0.289 e. The van der Waals surface area contributed by atoms with Gasteiger partial charge in [0, 0.05) is 44.5 Å². The highest BCUT2D eigenvalue weighted by molar-refractivity contribution is 7.99. The first-order valence-electron chi connectivity index (χ1n) is 9.45.